The van der Waals surface area contributed by atoms with Crippen molar-refractivity contribution in [2.45, 2.75) is 13.0 Å². The highest BCUT2D eigenvalue weighted by atomic mass is 79.9. The molecule has 0 fully saturated rings. The van der Waals surface area contributed by atoms with Crippen molar-refractivity contribution in [3.63, 3.8) is 0 Å². The summed E-state index contributed by atoms with van der Waals surface area (Å²) in [7, 11) is 0. The molecule has 0 saturated heterocycles. The molecule has 0 aromatic heterocycles. The molecule has 20 heavy (non-hydrogen) atoms. The van der Waals surface area contributed by atoms with Gasteiger partial charge in [-0.05, 0) is 48.4 Å². The maximum Gasteiger partial charge on any atom is 0.244 e. The van der Waals surface area contributed by atoms with Gasteiger partial charge in [0.2, 0.25) is 5.91 Å². The summed E-state index contributed by atoms with van der Waals surface area (Å²) in [6, 6.07) is 10.7. The molecule has 3 nitrogen and oxygen atoms in total. The molecule has 2 aromatic carbocycles. The van der Waals surface area contributed by atoms with Gasteiger partial charge in [0.1, 0.15) is 11.9 Å². The fraction of sp³-hybridized carbons (Fsp3) is 0.133. The smallest absolute Gasteiger partial charge is 0.244 e. The van der Waals surface area contributed by atoms with Gasteiger partial charge >= 0.3 is 0 Å². The van der Waals surface area contributed by atoms with Crippen molar-refractivity contribution in [2.75, 3.05) is 5.32 Å². The molecule has 0 saturated carbocycles. The molecule has 1 amide bonds. The number of hydrogen-bond donors (Lipinski definition) is 2. The van der Waals surface area contributed by atoms with Crippen molar-refractivity contribution < 1.29 is 9.18 Å². The van der Waals surface area contributed by atoms with Crippen LogP contribution in [0.3, 0.4) is 0 Å². The molecule has 1 unspecified atom stereocenters. The third kappa shape index (κ3) is 3.36. The molecular formula is C15H14BrFN2O. The Kier molecular flexibility index (Phi) is 4.39. The van der Waals surface area contributed by atoms with Crippen LogP contribution in [0.5, 0.6) is 0 Å². The summed E-state index contributed by atoms with van der Waals surface area (Å²) in [5, 5.41) is 3.01. The Morgan fingerprint density at radius 1 is 1.25 bits per heavy atom. The van der Waals surface area contributed by atoms with E-state index in [9.17, 15) is 9.18 Å². The van der Waals surface area contributed by atoms with Crippen LogP contribution in [-0.4, -0.2) is 5.91 Å². The number of carbonyl (C=O) groups excluding carboxylic acids is 1. The fourth-order valence-electron chi connectivity index (χ4n) is 1.88. The van der Waals surface area contributed by atoms with Crippen molar-refractivity contribution in [2.24, 2.45) is 5.73 Å². The Balaban J connectivity index is 2.29. The van der Waals surface area contributed by atoms with Crippen LogP contribution in [-0.2, 0) is 4.79 Å². The topological polar surface area (TPSA) is 55.1 Å². The molecule has 5 heteroatoms. The number of aryl methyl sites for hydroxylation is 1. The molecular weight excluding hydrogens is 323 g/mol. The van der Waals surface area contributed by atoms with Crippen LogP contribution in [0.1, 0.15) is 17.2 Å². The van der Waals surface area contributed by atoms with E-state index in [0.717, 1.165) is 15.6 Å². The Hall–Kier alpha value is -1.88. The largest absolute Gasteiger partial charge is 0.370 e. The van der Waals surface area contributed by atoms with Gasteiger partial charge in [-0.2, -0.15) is 0 Å². The van der Waals surface area contributed by atoms with Crippen LogP contribution < -0.4 is 11.1 Å². The molecule has 0 aliphatic carbocycles. The zero-order valence-electron chi connectivity index (χ0n) is 10.9. The number of halogens is 2. The number of nitrogens with two attached hydrogens (primary N) is 1. The predicted octanol–water partition coefficient (Wildman–Crippen LogP) is 3.54. The average molecular weight is 337 g/mol. The standard InChI is InChI=1S/C15H14BrFN2O/c1-9-8-10(2-7-13(9)16)14(15(18)20)19-12-5-3-11(17)4-6-12/h2-8,14,19H,1H3,(H2,18,20). The van der Waals surface area contributed by atoms with E-state index in [1.54, 1.807) is 12.1 Å². The lowest BCUT2D eigenvalue weighted by Crippen LogP contribution is -2.27. The van der Waals surface area contributed by atoms with Crippen molar-refractivity contribution in [3.8, 4) is 0 Å². The van der Waals surface area contributed by atoms with E-state index in [2.05, 4.69) is 21.2 Å². The van der Waals surface area contributed by atoms with Crippen molar-refractivity contribution >= 4 is 27.5 Å². The highest BCUT2D eigenvalue weighted by molar-refractivity contribution is 9.10. The van der Waals surface area contributed by atoms with Crippen LogP contribution in [0, 0.1) is 12.7 Å². The van der Waals surface area contributed by atoms with E-state index in [1.165, 1.54) is 12.1 Å². The summed E-state index contributed by atoms with van der Waals surface area (Å²) in [6.07, 6.45) is 0. The number of rotatable bonds is 4. The summed E-state index contributed by atoms with van der Waals surface area (Å²) >= 11 is 3.41. The quantitative estimate of drug-likeness (QED) is 0.897. The van der Waals surface area contributed by atoms with Crippen LogP contribution in [0.15, 0.2) is 46.9 Å². The second kappa shape index (κ2) is 6.05. The predicted molar refractivity (Wildman–Crippen MR) is 80.8 cm³/mol. The second-order valence-electron chi connectivity index (χ2n) is 4.50. The van der Waals surface area contributed by atoms with Crippen LogP contribution >= 0.6 is 15.9 Å². The van der Waals surface area contributed by atoms with Gasteiger partial charge in [0.05, 0.1) is 0 Å². The molecule has 104 valence electrons. The number of amides is 1. The molecule has 0 aliphatic rings. The van der Waals surface area contributed by atoms with Crippen molar-refractivity contribution in [1.29, 1.82) is 0 Å². The Bertz CT molecular complexity index is 628. The molecule has 0 radical (unpaired) electrons. The first-order valence-electron chi connectivity index (χ1n) is 6.05. The lowest BCUT2D eigenvalue weighted by atomic mass is 10.0. The highest BCUT2D eigenvalue weighted by Gasteiger charge is 2.18. The maximum atomic E-state index is 12.9. The van der Waals surface area contributed by atoms with E-state index < -0.39 is 11.9 Å². The number of carbonyl (C=O) groups is 1. The summed E-state index contributed by atoms with van der Waals surface area (Å²) < 4.78 is 13.8. The lowest BCUT2D eigenvalue weighted by molar-refractivity contribution is -0.118. The number of primary amides is 1. The van der Waals surface area contributed by atoms with Gasteiger partial charge in [0, 0.05) is 10.2 Å². The van der Waals surface area contributed by atoms with Gasteiger partial charge in [-0.25, -0.2) is 4.39 Å². The summed E-state index contributed by atoms with van der Waals surface area (Å²) in [5.41, 5.74) is 7.86. The molecule has 0 heterocycles. The normalized spacial score (nSPS) is 11.9. The Labute approximate surface area is 125 Å². The fourth-order valence-corrected chi connectivity index (χ4v) is 2.13. The highest BCUT2D eigenvalue weighted by Crippen LogP contribution is 2.24. The second-order valence-corrected chi connectivity index (χ2v) is 5.35. The lowest BCUT2D eigenvalue weighted by Gasteiger charge is -2.18. The molecule has 0 bridgehead atoms. The minimum absolute atomic E-state index is 0.328. The van der Waals surface area contributed by atoms with Gasteiger partial charge in [0.25, 0.3) is 0 Å². The maximum absolute atomic E-state index is 12.9. The number of benzene rings is 2. The molecule has 0 aliphatic heterocycles. The minimum atomic E-state index is -0.660. The third-order valence-electron chi connectivity index (χ3n) is 2.96. The van der Waals surface area contributed by atoms with Crippen LogP contribution in [0.25, 0.3) is 0 Å². The van der Waals surface area contributed by atoms with Crippen LogP contribution in [0.2, 0.25) is 0 Å². The number of anilines is 1. The molecule has 1 atom stereocenters. The zero-order chi connectivity index (χ0) is 14.7. The first kappa shape index (κ1) is 14.5. The zero-order valence-corrected chi connectivity index (χ0v) is 12.4. The summed E-state index contributed by atoms with van der Waals surface area (Å²) in [5.74, 6) is -0.818. The molecule has 2 aromatic rings. The molecule has 0 spiro atoms. The van der Waals surface area contributed by atoms with Gasteiger partial charge in [-0.3, -0.25) is 4.79 Å². The number of nitrogens with one attached hydrogen (secondary N) is 1. The van der Waals surface area contributed by atoms with Crippen molar-refractivity contribution in [1.82, 2.24) is 0 Å². The summed E-state index contributed by atoms with van der Waals surface area (Å²) in [6.45, 7) is 1.93. The monoisotopic (exact) mass is 336 g/mol. The first-order chi connectivity index (χ1) is 9.47. The Morgan fingerprint density at radius 2 is 1.90 bits per heavy atom. The third-order valence-corrected chi connectivity index (χ3v) is 3.84. The van der Waals surface area contributed by atoms with Gasteiger partial charge in [0.15, 0.2) is 0 Å². The number of hydrogen-bond acceptors (Lipinski definition) is 2. The Morgan fingerprint density at radius 3 is 2.45 bits per heavy atom. The van der Waals surface area contributed by atoms with Crippen LogP contribution in [0.4, 0.5) is 10.1 Å². The van der Waals surface area contributed by atoms with Gasteiger partial charge < -0.3 is 11.1 Å². The van der Waals surface area contributed by atoms with Crippen molar-refractivity contribution in [3.05, 3.63) is 63.9 Å². The SMILES string of the molecule is Cc1cc(C(Nc2ccc(F)cc2)C(N)=O)ccc1Br. The van der Waals surface area contributed by atoms with E-state index in [1.807, 2.05) is 25.1 Å². The summed E-state index contributed by atoms with van der Waals surface area (Å²) in [4.78, 5) is 11.6. The van der Waals surface area contributed by atoms with E-state index in [0.29, 0.717) is 5.69 Å². The minimum Gasteiger partial charge on any atom is -0.370 e. The molecule has 3 N–H and O–H groups in total. The van der Waals surface area contributed by atoms with E-state index >= 15 is 0 Å². The average Bonchev–Trinajstić information content (AvgIpc) is 2.41. The van der Waals surface area contributed by atoms with Gasteiger partial charge in [-0.1, -0.05) is 28.1 Å². The van der Waals surface area contributed by atoms with Gasteiger partial charge in [-0.15, -0.1) is 0 Å². The molecule has 2 rings (SSSR count). The van der Waals surface area contributed by atoms with E-state index in [-0.39, 0.29) is 5.82 Å². The van der Waals surface area contributed by atoms with E-state index in [4.69, 9.17) is 5.73 Å². The first-order valence-corrected chi connectivity index (χ1v) is 6.84.